The van der Waals surface area contributed by atoms with Crippen LogP contribution in [0.1, 0.15) is 25.7 Å². The van der Waals surface area contributed by atoms with Gasteiger partial charge in [0.15, 0.2) is 5.78 Å². The van der Waals surface area contributed by atoms with Gasteiger partial charge in [0.25, 0.3) is 0 Å². The maximum Gasteiger partial charge on any atom is 0.163 e. The summed E-state index contributed by atoms with van der Waals surface area (Å²) in [6, 6.07) is 0. The van der Waals surface area contributed by atoms with Crippen molar-refractivity contribution in [3.8, 4) is 0 Å². The van der Waals surface area contributed by atoms with E-state index in [4.69, 9.17) is 0 Å². The number of likely N-dealkylation sites (N-methyl/N-ethyl adjacent to an activating group) is 1. The standard InChI is InChI=1S/C8H14BrNO/c1-10-8(7(11)6-9)4-2-3-5-8/h10H,2-6H2,1H3. The molecule has 1 rings (SSSR count). The number of hydrogen-bond donors (Lipinski definition) is 1. The van der Waals surface area contributed by atoms with Gasteiger partial charge >= 0.3 is 0 Å². The number of alkyl halides is 1. The van der Waals surface area contributed by atoms with Crippen LogP contribution in [-0.2, 0) is 4.79 Å². The zero-order valence-electron chi connectivity index (χ0n) is 6.82. The molecule has 0 unspecified atom stereocenters. The minimum Gasteiger partial charge on any atom is -0.308 e. The monoisotopic (exact) mass is 219 g/mol. The zero-order valence-corrected chi connectivity index (χ0v) is 8.41. The molecule has 1 aliphatic rings. The van der Waals surface area contributed by atoms with Crippen molar-refractivity contribution in [2.24, 2.45) is 0 Å². The number of rotatable bonds is 3. The molecule has 0 atom stereocenters. The lowest BCUT2D eigenvalue weighted by Gasteiger charge is -2.25. The summed E-state index contributed by atoms with van der Waals surface area (Å²) in [7, 11) is 1.88. The van der Waals surface area contributed by atoms with Crippen molar-refractivity contribution < 1.29 is 4.79 Å². The van der Waals surface area contributed by atoms with Crippen molar-refractivity contribution >= 4 is 21.7 Å². The number of ketones is 1. The predicted molar refractivity (Wildman–Crippen MR) is 49.1 cm³/mol. The van der Waals surface area contributed by atoms with Gasteiger partial charge < -0.3 is 5.32 Å². The maximum atomic E-state index is 11.5. The third-order valence-electron chi connectivity index (χ3n) is 2.59. The first kappa shape index (κ1) is 9.20. The Kier molecular flexibility index (Phi) is 3.07. The summed E-state index contributed by atoms with van der Waals surface area (Å²) in [4.78, 5) is 11.5. The van der Waals surface area contributed by atoms with Crippen LogP contribution in [0.5, 0.6) is 0 Å². The summed E-state index contributed by atoms with van der Waals surface area (Å²) in [5.74, 6) is 0.303. The maximum absolute atomic E-state index is 11.5. The van der Waals surface area contributed by atoms with Gasteiger partial charge in [0.2, 0.25) is 0 Å². The molecule has 0 amide bonds. The van der Waals surface area contributed by atoms with Crippen LogP contribution < -0.4 is 5.32 Å². The molecule has 1 fully saturated rings. The van der Waals surface area contributed by atoms with Gasteiger partial charge in [-0.2, -0.15) is 0 Å². The van der Waals surface area contributed by atoms with Gasteiger partial charge in [-0.3, -0.25) is 4.79 Å². The average Bonchev–Trinajstić information content (AvgIpc) is 2.52. The lowest BCUT2D eigenvalue weighted by Crippen LogP contribution is -2.48. The Bertz CT molecular complexity index is 152. The summed E-state index contributed by atoms with van der Waals surface area (Å²) in [6.07, 6.45) is 4.38. The summed E-state index contributed by atoms with van der Waals surface area (Å²) in [5.41, 5.74) is -0.191. The quantitative estimate of drug-likeness (QED) is 0.730. The van der Waals surface area contributed by atoms with Gasteiger partial charge in [-0.15, -0.1) is 0 Å². The minimum absolute atomic E-state index is 0.191. The topological polar surface area (TPSA) is 29.1 Å². The van der Waals surface area contributed by atoms with Crippen molar-refractivity contribution in [1.82, 2.24) is 5.32 Å². The lowest BCUT2D eigenvalue weighted by atomic mass is 9.93. The molecule has 0 spiro atoms. The Balaban J connectivity index is 2.66. The number of carbonyl (C=O) groups is 1. The summed E-state index contributed by atoms with van der Waals surface area (Å²) >= 11 is 3.21. The third kappa shape index (κ3) is 1.64. The van der Waals surface area contributed by atoms with E-state index < -0.39 is 0 Å². The Morgan fingerprint density at radius 2 is 2.09 bits per heavy atom. The molecule has 0 aromatic heterocycles. The van der Waals surface area contributed by atoms with E-state index >= 15 is 0 Å². The van der Waals surface area contributed by atoms with Crippen LogP contribution in [0.3, 0.4) is 0 Å². The van der Waals surface area contributed by atoms with Crippen LogP contribution in [0.4, 0.5) is 0 Å². The minimum atomic E-state index is -0.191. The number of hydrogen-bond acceptors (Lipinski definition) is 2. The van der Waals surface area contributed by atoms with Gasteiger partial charge in [-0.1, -0.05) is 28.8 Å². The molecule has 1 aliphatic carbocycles. The van der Waals surface area contributed by atoms with Crippen LogP contribution in [0.25, 0.3) is 0 Å². The molecular weight excluding hydrogens is 206 g/mol. The SMILES string of the molecule is CNC1(C(=O)CBr)CCCC1. The lowest BCUT2D eigenvalue weighted by molar-refractivity contribution is -0.122. The molecule has 0 radical (unpaired) electrons. The second kappa shape index (κ2) is 3.68. The number of carbonyl (C=O) groups excluding carboxylic acids is 1. The first-order valence-electron chi connectivity index (χ1n) is 4.03. The predicted octanol–water partition coefficient (Wildman–Crippen LogP) is 1.48. The van der Waals surface area contributed by atoms with E-state index in [0.717, 1.165) is 12.8 Å². The fourth-order valence-electron chi connectivity index (χ4n) is 1.77. The molecule has 2 nitrogen and oxygen atoms in total. The van der Waals surface area contributed by atoms with E-state index in [1.807, 2.05) is 7.05 Å². The van der Waals surface area contributed by atoms with Gasteiger partial charge in [0.1, 0.15) is 0 Å². The highest BCUT2D eigenvalue weighted by molar-refractivity contribution is 9.09. The summed E-state index contributed by atoms with van der Waals surface area (Å²) in [6.45, 7) is 0. The number of halogens is 1. The molecular formula is C8H14BrNO. The van der Waals surface area contributed by atoms with E-state index in [0.29, 0.717) is 11.1 Å². The van der Waals surface area contributed by atoms with E-state index in [-0.39, 0.29) is 5.54 Å². The van der Waals surface area contributed by atoms with Crippen LogP contribution in [0.15, 0.2) is 0 Å². The first-order chi connectivity index (χ1) is 5.25. The van der Waals surface area contributed by atoms with Crippen molar-refractivity contribution in [2.75, 3.05) is 12.4 Å². The highest BCUT2D eigenvalue weighted by atomic mass is 79.9. The second-order valence-electron chi connectivity index (χ2n) is 3.10. The second-order valence-corrected chi connectivity index (χ2v) is 3.66. The Labute approximate surface area is 75.9 Å². The zero-order chi connectivity index (χ0) is 8.32. The van der Waals surface area contributed by atoms with Crippen LogP contribution in [0, 0.1) is 0 Å². The average molecular weight is 220 g/mol. The first-order valence-corrected chi connectivity index (χ1v) is 5.15. The summed E-state index contributed by atoms with van der Waals surface area (Å²) < 4.78 is 0. The molecule has 1 saturated carbocycles. The van der Waals surface area contributed by atoms with E-state index in [2.05, 4.69) is 21.2 Å². The van der Waals surface area contributed by atoms with E-state index in [1.54, 1.807) is 0 Å². The molecule has 1 N–H and O–H groups in total. The van der Waals surface area contributed by atoms with Crippen molar-refractivity contribution in [3.05, 3.63) is 0 Å². The van der Waals surface area contributed by atoms with Crippen LogP contribution in [-0.4, -0.2) is 23.7 Å². The fraction of sp³-hybridized carbons (Fsp3) is 0.875. The fourth-order valence-corrected chi connectivity index (χ4v) is 2.31. The molecule has 0 aromatic carbocycles. The molecule has 0 bridgehead atoms. The van der Waals surface area contributed by atoms with Gasteiger partial charge in [-0.05, 0) is 19.9 Å². The molecule has 11 heavy (non-hydrogen) atoms. The van der Waals surface area contributed by atoms with Gasteiger partial charge in [0, 0.05) is 0 Å². The molecule has 0 saturated heterocycles. The number of nitrogens with one attached hydrogen (secondary N) is 1. The normalized spacial score (nSPS) is 22.0. The highest BCUT2D eigenvalue weighted by Gasteiger charge is 2.38. The molecule has 64 valence electrons. The molecule has 0 aromatic rings. The highest BCUT2D eigenvalue weighted by Crippen LogP contribution is 2.30. The van der Waals surface area contributed by atoms with Crippen molar-refractivity contribution in [1.29, 1.82) is 0 Å². The van der Waals surface area contributed by atoms with Gasteiger partial charge in [0.05, 0.1) is 10.9 Å². The van der Waals surface area contributed by atoms with E-state index in [1.165, 1.54) is 12.8 Å². The summed E-state index contributed by atoms with van der Waals surface area (Å²) in [5, 5.41) is 3.63. The molecule has 0 heterocycles. The number of Topliss-reactive ketones (excluding diaryl/α,β-unsaturated/α-hetero) is 1. The molecule has 0 aliphatic heterocycles. The Morgan fingerprint density at radius 3 is 2.45 bits per heavy atom. The van der Waals surface area contributed by atoms with Crippen molar-refractivity contribution in [3.63, 3.8) is 0 Å². The Morgan fingerprint density at radius 1 is 1.55 bits per heavy atom. The Hall–Kier alpha value is 0.110. The largest absolute Gasteiger partial charge is 0.308 e. The van der Waals surface area contributed by atoms with Gasteiger partial charge in [-0.25, -0.2) is 0 Å². The van der Waals surface area contributed by atoms with Crippen molar-refractivity contribution in [2.45, 2.75) is 31.2 Å². The van der Waals surface area contributed by atoms with E-state index in [9.17, 15) is 4.79 Å². The smallest absolute Gasteiger partial charge is 0.163 e. The van der Waals surface area contributed by atoms with Crippen LogP contribution >= 0.6 is 15.9 Å². The molecule has 3 heteroatoms. The van der Waals surface area contributed by atoms with Crippen LogP contribution in [0.2, 0.25) is 0 Å². The third-order valence-corrected chi connectivity index (χ3v) is 3.10.